The van der Waals surface area contributed by atoms with Crippen LogP contribution in [0.15, 0.2) is 0 Å². The number of carboxylic acid groups (broad SMARTS) is 1. The number of rotatable bonds is 10. The highest BCUT2D eigenvalue weighted by Crippen LogP contribution is 2.08. The van der Waals surface area contributed by atoms with Crippen LogP contribution in [-0.2, 0) is 4.79 Å². The van der Waals surface area contributed by atoms with E-state index in [0.29, 0.717) is 0 Å². The van der Waals surface area contributed by atoms with E-state index in [1.165, 1.54) is 25.7 Å². The summed E-state index contributed by atoms with van der Waals surface area (Å²) < 4.78 is 0. The second kappa shape index (κ2) is 10.5. The van der Waals surface area contributed by atoms with Crippen LogP contribution in [0.1, 0.15) is 57.8 Å². The van der Waals surface area contributed by atoms with Crippen LogP contribution in [0.2, 0.25) is 0 Å². The molecule has 0 aromatic carbocycles. The van der Waals surface area contributed by atoms with Crippen LogP contribution in [0.25, 0.3) is 0 Å². The summed E-state index contributed by atoms with van der Waals surface area (Å²) in [6.07, 6.45) is 9.25. The Bertz CT molecular complexity index is 137. The molecule has 0 bridgehead atoms. The monoisotopic (exact) mass is 200 g/mol. The van der Waals surface area contributed by atoms with Crippen LogP contribution in [0.5, 0.6) is 0 Å². The van der Waals surface area contributed by atoms with Crippen molar-refractivity contribution in [2.24, 2.45) is 5.73 Å². The van der Waals surface area contributed by atoms with Gasteiger partial charge in [-0.2, -0.15) is 0 Å². The van der Waals surface area contributed by atoms with Crippen molar-refractivity contribution in [1.29, 1.82) is 0 Å². The molecule has 3 nitrogen and oxygen atoms in total. The zero-order valence-corrected chi connectivity index (χ0v) is 8.96. The predicted molar refractivity (Wildman–Crippen MR) is 55.6 cm³/mol. The van der Waals surface area contributed by atoms with Gasteiger partial charge in [-0.1, -0.05) is 38.5 Å². The van der Waals surface area contributed by atoms with E-state index in [-0.39, 0.29) is 6.42 Å². The molecule has 0 aliphatic heterocycles. The molecule has 0 rings (SSSR count). The molecule has 0 unspecified atom stereocenters. The lowest BCUT2D eigenvalue weighted by atomic mass is 10.1. The Hall–Kier alpha value is -0.570. The number of carboxylic acids is 1. The zero-order chi connectivity index (χ0) is 10.6. The summed E-state index contributed by atoms with van der Waals surface area (Å²) in [4.78, 5) is 10.1. The van der Waals surface area contributed by atoms with Crippen LogP contribution in [-0.4, -0.2) is 12.5 Å². The van der Waals surface area contributed by atoms with E-state index in [0.717, 1.165) is 32.2 Å². The van der Waals surface area contributed by atoms with Gasteiger partial charge in [0.25, 0.3) is 0 Å². The summed E-state index contributed by atoms with van der Waals surface area (Å²) in [6, 6.07) is 0. The van der Waals surface area contributed by atoms with Crippen molar-refractivity contribution < 1.29 is 9.90 Å². The molecule has 0 atom stereocenters. The number of nitrogens with two attached hydrogens (primary N) is 1. The van der Waals surface area contributed by atoms with Crippen molar-refractivity contribution in [3.63, 3.8) is 0 Å². The van der Waals surface area contributed by atoms with Gasteiger partial charge in [-0.15, -0.1) is 0 Å². The quantitative estimate of drug-likeness (QED) is 0.539. The molecule has 0 aromatic rings. The lowest BCUT2D eigenvalue weighted by Gasteiger charge is -2.02. The molecule has 0 heterocycles. The molecule has 0 aliphatic rings. The molecule has 2 N–H and O–H groups in total. The first-order chi connectivity index (χ1) is 6.77. The summed E-state index contributed by atoms with van der Waals surface area (Å²) in [5.74, 6) is -0.923. The molecule has 0 spiro atoms. The van der Waals surface area contributed by atoms with Crippen molar-refractivity contribution in [3.05, 3.63) is 0 Å². The second-order valence-corrected chi connectivity index (χ2v) is 3.74. The molecular formula is C11H22NO2-. The number of aliphatic carboxylic acids is 1. The molecule has 0 saturated carbocycles. The minimum absolute atomic E-state index is 0.215. The number of unbranched alkanes of at least 4 members (excludes halogenated alkanes) is 7. The first-order valence-corrected chi connectivity index (χ1v) is 5.67. The van der Waals surface area contributed by atoms with Gasteiger partial charge in [0.05, 0.1) is 0 Å². The van der Waals surface area contributed by atoms with Crippen LogP contribution in [0, 0.1) is 0 Å². The van der Waals surface area contributed by atoms with E-state index in [1.54, 1.807) is 0 Å². The maximum Gasteiger partial charge on any atom is 0.0414 e. The number of hydrogen-bond donors (Lipinski definition) is 1. The predicted octanol–water partition coefficient (Wildman–Crippen LogP) is 1.21. The molecule has 3 heteroatoms. The fourth-order valence-corrected chi connectivity index (χ4v) is 1.47. The van der Waals surface area contributed by atoms with E-state index < -0.39 is 5.97 Å². The fourth-order valence-electron chi connectivity index (χ4n) is 1.47. The summed E-state index contributed by atoms with van der Waals surface area (Å²) in [6.45, 7) is 0.797. The maximum absolute atomic E-state index is 10.1. The van der Waals surface area contributed by atoms with Crippen LogP contribution in [0.4, 0.5) is 0 Å². The molecular weight excluding hydrogens is 178 g/mol. The van der Waals surface area contributed by atoms with Gasteiger partial charge >= 0.3 is 0 Å². The van der Waals surface area contributed by atoms with Gasteiger partial charge in [-0.25, -0.2) is 0 Å². The average molecular weight is 200 g/mol. The Morgan fingerprint density at radius 2 is 1.29 bits per heavy atom. The molecule has 0 aliphatic carbocycles. The SMILES string of the molecule is NCCCCCCCCCCC(=O)[O-]. The van der Waals surface area contributed by atoms with Gasteiger partial charge < -0.3 is 15.6 Å². The van der Waals surface area contributed by atoms with E-state index in [4.69, 9.17) is 5.73 Å². The standard InChI is InChI=1S/C11H23NO2/c12-10-8-6-4-2-1-3-5-7-9-11(13)14/h1-10,12H2,(H,13,14)/p-1. The first kappa shape index (κ1) is 13.4. The normalized spacial score (nSPS) is 10.4. The van der Waals surface area contributed by atoms with Crippen molar-refractivity contribution in [2.45, 2.75) is 57.8 Å². The van der Waals surface area contributed by atoms with E-state index in [1.807, 2.05) is 0 Å². The van der Waals surface area contributed by atoms with Gasteiger partial charge in [0.2, 0.25) is 0 Å². The molecule has 0 saturated heterocycles. The van der Waals surface area contributed by atoms with Crippen LogP contribution < -0.4 is 10.8 Å². The Labute approximate surface area is 86.7 Å². The third-order valence-corrected chi connectivity index (χ3v) is 2.34. The molecule has 0 fully saturated rings. The van der Waals surface area contributed by atoms with E-state index in [9.17, 15) is 9.90 Å². The smallest absolute Gasteiger partial charge is 0.0414 e. The number of carbonyl (C=O) groups excluding carboxylic acids is 1. The van der Waals surface area contributed by atoms with Crippen molar-refractivity contribution in [1.82, 2.24) is 0 Å². The minimum atomic E-state index is -0.923. The topological polar surface area (TPSA) is 66.2 Å². The lowest BCUT2D eigenvalue weighted by molar-refractivity contribution is -0.305. The van der Waals surface area contributed by atoms with Gasteiger partial charge in [0, 0.05) is 5.97 Å². The average Bonchev–Trinajstić information content (AvgIpc) is 2.15. The lowest BCUT2D eigenvalue weighted by Crippen LogP contribution is -2.21. The van der Waals surface area contributed by atoms with Crippen LogP contribution >= 0.6 is 0 Å². The number of hydrogen-bond acceptors (Lipinski definition) is 3. The number of carbonyl (C=O) groups is 1. The first-order valence-electron chi connectivity index (χ1n) is 5.67. The molecule has 0 amide bonds. The van der Waals surface area contributed by atoms with E-state index in [2.05, 4.69) is 0 Å². The summed E-state index contributed by atoms with van der Waals surface area (Å²) in [5.41, 5.74) is 5.38. The van der Waals surface area contributed by atoms with E-state index >= 15 is 0 Å². The third kappa shape index (κ3) is 11.4. The Kier molecular flexibility index (Phi) is 10.1. The summed E-state index contributed by atoms with van der Waals surface area (Å²) >= 11 is 0. The fraction of sp³-hybridized carbons (Fsp3) is 0.909. The Balaban J connectivity index is 2.88. The highest BCUT2D eigenvalue weighted by atomic mass is 16.4. The minimum Gasteiger partial charge on any atom is -0.550 e. The van der Waals surface area contributed by atoms with Gasteiger partial charge in [0.15, 0.2) is 0 Å². The van der Waals surface area contributed by atoms with Crippen molar-refractivity contribution >= 4 is 5.97 Å². The Morgan fingerprint density at radius 3 is 1.71 bits per heavy atom. The third-order valence-electron chi connectivity index (χ3n) is 2.34. The van der Waals surface area contributed by atoms with Gasteiger partial charge in [-0.05, 0) is 25.8 Å². The van der Waals surface area contributed by atoms with Crippen molar-refractivity contribution in [3.8, 4) is 0 Å². The molecule has 14 heavy (non-hydrogen) atoms. The van der Waals surface area contributed by atoms with Crippen LogP contribution in [0.3, 0.4) is 0 Å². The van der Waals surface area contributed by atoms with Gasteiger partial charge in [-0.3, -0.25) is 0 Å². The second-order valence-electron chi connectivity index (χ2n) is 3.74. The molecule has 84 valence electrons. The largest absolute Gasteiger partial charge is 0.550 e. The maximum atomic E-state index is 10.1. The zero-order valence-electron chi connectivity index (χ0n) is 8.96. The van der Waals surface area contributed by atoms with Crippen molar-refractivity contribution in [2.75, 3.05) is 6.54 Å². The van der Waals surface area contributed by atoms with Gasteiger partial charge in [0.1, 0.15) is 0 Å². The summed E-state index contributed by atoms with van der Waals surface area (Å²) in [5, 5.41) is 10.1. The molecule has 0 aromatic heterocycles. The Morgan fingerprint density at radius 1 is 0.857 bits per heavy atom. The summed E-state index contributed by atoms with van der Waals surface area (Å²) in [7, 11) is 0. The highest BCUT2D eigenvalue weighted by Gasteiger charge is 1.92. The molecule has 0 radical (unpaired) electrons. The highest BCUT2D eigenvalue weighted by molar-refractivity contribution is 5.63.